The third-order valence-corrected chi connectivity index (χ3v) is 9.75. The number of carbonyl (C=O) groups is 6. The summed E-state index contributed by atoms with van der Waals surface area (Å²) in [5.41, 5.74) is 16.7. The Bertz CT molecular complexity index is 2240. The van der Waals surface area contributed by atoms with Gasteiger partial charge in [-0.2, -0.15) is 0 Å². The zero-order chi connectivity index (χ0) is 48.6. The van der Waals surface area contributed by atoms with Crippen LogP contribution in [0.3, 0.4) is 0 Å². The summed E-state index contributed by atoms with van der Waals surface area (Å²) in [5, 5.41) is 37.3. The molecule has 0 fully saturated rings. The Hall–Kier alpha value is -7.28. The molecule has 3 heterocycles. The summed E-state index contributed by atoms with van der Waals surface area (Å²) in [7, 11) is 1.49. The monoisotopic (exact) mass is 924 g/mol. The topological polar surface area (TPSA) is 377 Å². The van der Waals surface area contributed by atoms with Gasteiger partial charge in [-0.15, -0.1) is 0 Å². The number of alkyl carbamates (subject to hydrolysis) is 1. The second-order valence-corrected chi connectivity index (χ2v) is 16.1. The molecule has 1 aromatic carbocycles. The fraction of sp³-hybridized carbons (Fsp3) is 0.512. The number of methoxy groups -OCH3 is 1. The van der Waals surface area contributed by atoms with Gasteiger partial charge in [0.05, 0.1) is 19.4 Å². The summed E-state index contributed by atoms with van der Waals surface area (Å²) in [6, 6.07) is 2.90. The van der Waals surface area contributed by atoms with Crippen LogP contribution in [0.15, 0.2) is 53.4 Å². The Balaban J connectivity index is 1.54. The Morgan fingerprint density at radius 1 is 0.909 bits per heavy atom. The van der Waals surface area contributed by atoms with Gasteiger partial charge in [0.25, 0.3) is 0 Å². The van der Waals surface area contributed by atoms with E-state index in [1.807, 2.05) is 0 Å². The number of carbonyl (C=O) groups excluding carboxylic acids is 6. The number of hydrogen-bond acceptors (Lipinski definition) is 16. The van der Waals surface area contributed by atoms with Gasteiger partial charge < -0.3 is 73.5 Å². The number of hydrogen-bond donors (Lipinski definition) is 11. The molecule has 0 saturated carbocycles. The van der Waals surface area contributed by atoms with Crippen LogP contribution < -0.4 is 53.8 Å². The number of amides is 6. The number of guanidine groups is 1. The molecular formula is C41H60N14O11. The Kier molecular flexibility index (Phi) is 18.8. The molecule has 25 nitrogen and oxygen atoms in total. The molecule has 0 spiro atoms. The number of benzene rings is 1. The minimum absolute atomic E-state index is 0.0383. The van der Waals surface area contributed by atoms with E-state index >= 15 is 0 Å². The largest absolute Gasteiger partial charge is 0.497 e. The van der Waals surface area contributed by atoms with Crippen molar-refractivity contribution in [2.45, 2.75) is 102 Å². The normalized spacial score (nSPS) is 15.9. The number of nitrogen functional groups attached to an aromatic ring is 1. The number of aliphatic hydroxyl groups excluding tert-OH is 2. The van der Waals surface area contributed by atoms with E-state index in [0.717, 1.165) is 0 Å². The minimum atomic E-state index is -1.58. The van der Waals surface area contributed by atoms with Crippen molar-refractivity contribution >= 4 is 58.6 Å². The number of rotatable bonds is 23. The van der Waals surface area contributed by atoms with Crippen LogP contribution in [0.5, 0.6) is 5.75 Å². The minimum Gasteiger partial charge on any atom is -0.497 e. The zero-order valence-electron chi connectivity index (χ0n) is 37.5. The van der Waals surface area contributed by atoms with Crippen molar-refractivity contribution in [1.29, 1.82) is 0 Å². The summed E-state index contributed by atoms with van der Waals surface area (Å²) >= 11 is 0. The van der Waals surface area contributed by atoms with Gasteiger partial charge in [0.1, 0.15) is 60.0 Å². The van der Waals surface area contributed by atoms with Gasteiger partial charge in [-0.3, -0.25) is 33.5 Å². The van der Waals surface area contributed by atoms with E-state index in [1.54, 1.807) is 45.0 Å². The summed E-state index contributed by atoms with van der Waals surface area (Å²) < 4.78 is 17.8. The van der Waals surface area contributed by atoms with E-state index in [2.05, 4.69) is 51.8 Å². The van der Waals surface area contributed by atoms with Crippen molar-refractivity contribution in [1.82, 2.24) is 51.4 Å². The molecule has 0 radical (unpaired) electrons. The number of anilines is 1. The Labute approximate surface area is 380 Å². The third kappa shape index (κ3) is 15.5. The highest BCUT2D eigenvalue weighted by Gasteiger charge is 2.40. The van der Waals surface area contributed by atoms with Gasteiger partial charge >= 0.3 is 6.09 Å². The van der Waals surface area contributed by atoms with Gasteiger partial charge in [-0.25, -0.2) is 19.7 Å². The van der Waals surface area contributed by atoms with Crippen LogP contribution in [0.4, 0.5) is 10.6 Å². The summed E-state index contributed by atoms with van der Waals surface area (Å²) in [6.45, 7) is 5.40. The second-order valence-electron chi connectivity index (χ2n) is 16.1. The summed E-state index contributed by atoms with van der Waals surface area (Å²) in [5.74, 6) is -3.10. The molecule has 66 heavy (non-hydrogen) atoms. The van der Waals surface area contributed by atoms with Gasteiger partial charge in [-0.1, -0.05) is 12.1 Å². The molecule has 4 rings (SSSR count). The van der Waals surface area contributed by atoms with E-state index in [1.165, 1.54) is 31.3 Å². The van der Waals surface area contributed by atoms with Crippen LogP contribution in [-0.2, 0) is 39.9 Å². The van der Waals surface area contributed by atoms with Crippen molar-refractivity contribution in [3.8, 4) is 5.75 Å². The molecule has 2 aromatic heterocycles. The highest BCUT2D eigenvalue weighted by Crippen LogP contribution is 2.33. The Morgan fingerprint density at radius 3 is 2.26 bits per heavy atom. The number of fused-ring (bicyclic) bond motifs is 1. The molecule has 5 atom stereocenters. The molecule has 3 aromatic rings. The predicted molar refractivity (Wildman–Crippen MR) is 237 cm³/mol. The van der Waals surface area contributed by atoms with Crippen molar-refractivity contribution in [3.05, 3.63) is 53.9 Å². The number of ether oxygens (including phenoxy) is 3. The molecule has 1 aliphatic rings. The quantitative estimate of drug-likeness (QED) is 0.0284. The first kappa shape index (κ1) is 51.4. The number of nitrogens with two attached hydrogens (primary N) is 3. The fourth-order valence-electron chi connectivity index (χ4n) is 6.58. The van der Waals surface area contributed by atoms with Crippen molar-refractivity contribution < 1.29 is 53.2 Å². The van der Waals surface area contributed by atoms with Crippen LogP contribution >= 0.6 is 0 Å². The number of unbranched alkanes of at least 4 members (excludes halogenated alkanes) is 1. The smallest absolute Gasteiger partial charge is 0.408 e. The van der Waals surface area contributed by atoms with E-state index in [9.17, 15) is 39.0 Å². The lowest BCUT2D eigenvalue weighted by atomic mass is 10.0. The zero-order valence-corrected chi connectivity index (χ0v) is 37.5. The van der Waals surface area contributed by atoms with Crippen LogP contribution in [0, 0.1) is 0 Å². The maximum absolute atomic E-state index is 14.2. The van der Waals surface area contributed by atoms with Crippen molar-refractivity contribution in [2.24, 2.45) is 16.5 Å². The first-order valence-corrected chi connectivity index (χ1v) is 21.0. The van der Waals surface area contributed by atoms with Crippen LogP contribution in [-0.4, -0.2) is 135 Å². The second kappa shape index (κ2) is 24.1. The lowest BCUT2D eigenvalue weighted by Crippen LogP contribution is -2.56. The van der Waals surface area contributed by atoms with E-state index in [0.29, 0.717) is 24.2 Å². The standard InChI is InChI=1S/C41H60N14O11/c1-22(57)45-15-7-6-9-26(51-29(58)18-47-35(60)25(10-8-16-46-39(43)44)53-40(63)66-41(2,3)4)36(61)52-27(17-23-11-13-24(64-5)14-12-23)37(62)54-30-28(19-56)65-38(32(30)59)55-21-50-31-33(42)48-20-49-34(31)55/h11-14,20-21,25-27,32,38,56,59H,6-10,15-19H2,1-5H3,(H,45,57)(H,47,60)(H,51,58)(H,52,61)(H,53,63)(H,54,62)(H2,42,48,49)(H4,43,44,46)/t25?,26?,27?,32?,38-/m1/s1. The SMILES string of the molecule is COc1ccc(CC(NC(=O)C(CCCCNC(C)=O)NC(=O)CNC(=O)C(CCCN=C(N)N)NC(=O)OC(C)(C)C)C(=O)NC2=C(CO)O[C@@H](n3cnc4c(N)ncnc43)C2O)cc1. The molecule has 1 aliphatic heterocycles. The van der Waals surface area contributed by atoms with Crippen LogP contribution in [0.2, 0.25) is 0 Å². The lowest BCUT2D eigenvalue weighted by Gasteiger charge is -2.25. The number of nitrogens with one attached hydrogen (secondary N) is 6. The van der Waals surface area contributed by atoms with Crippen LogP contribution in [0.25, 0.3) is 11.2 Å². The van der Waals surface area contributed by atoms with E-state index < -0.39 is 78.9 Å². The van der Waals surface area contributed by atoms with E-state index in [-0.39, 0.29) is 79.1 Å². The molecule has 0 bridgehead atoms. The van der Waals surface area contributed by atoms with E-state index in [4.69, 9.17) is 31.4 Å². The summed E-state index contributed by atoms with van der Waals surface area (Å²) in [6.07, 6.45) is -0.144. The van der Waals surface area contributed by atoms with Gasteiger partial charge in [0.2, 0.25) is 35.8 Å². The number of aliphatic hydroxyl groups is 2. The van der Waals surface area contributed by atoms with Gasteiger partial charge in [0.15, 0.2) is 23.5 Å². The molecule has 0 saturated heterocycles. The summed E-state index contributed by atoms with van der Waals surface area (Å²) in [4.78, 5) is 95.4. The predicted octanol–water partition coefficient (Wildman–Crippen LogP) is -1.79. The molecule has 360 valence electrons. The average molecular weight is 925 g/mol. The highest BCUT2D eigenvalue weighted by atomic mass is 16.6. The maximum atomic E-state index is 14.2. The molecule has 14 N–H and O–H groups in total. The van der Waals surface area contributed by atoms with Crippen molar-refractivity contribution in [3.63, 3.8) is 0 Å². The Morgan fingerprint density at radius 2 is 1.61 bits per heavy atom. The fourth-order valence-corrected chi connectivity index (χ4v) is 6.58. The molecule has 4 unspecified atom stereocenters. The number of imidazole rings is 1. The number of aromatic nitrogens is 4. The maximum Gasteiger partial charge on any atom is 0.408 e. The molecular weight excluding hydrogens is 865 g/mol. The first-order valence-electron chi connectivity index (χ1n) is 21.0. The molecule has 25 heteroatoms. The van der Waals surface area contributed by atoms with Crippen molar-refractivity contribution in [2.75, 3.05) is 39.1 Å². The first-order chi connectivity index (χ1) is 31.3. The number of nitrogens with zero attached hydrogens (tertiary/aromatic N) is 5. The van der Waals surface area contributed by atoms with Crippen LogP contribution in [0.1, 0.15) is 71.6 Å². The lowest BCUT2D eigenvalue weighted by molar-refractivity contribution is -0.132. The van der Waals surface area contributed by atoms with Gasteiger partial charge in [-0.05, 0) is 70.6 Å². The molecule has 0 aliphatic carbocycles. The number of aliphatic imine (C=N–C) groups is 1. The molecule has 6 amide bonds. The van der Waals surface area contributed by atoms with Gasteiger partial charge in [0, 0.05) is 26.4 Å². The highest BCUT2D eigenvalue weighted by molar-refractivity contribution is 5.94. The average Bonchev–Trinajstić information content (AvgIpc) is 3.82. The third-order valence-electron chi connectivity index (χ3n) is 9.75.